The SMILES string of the molecule is CCc1cccc(NC(=O)CN2CCSCC2c2nccs2)c1. The Balaban J connectivity index is 1.63. The van der Waals surface area contributed by atoms with Crippen LogP contribution in [0.25, 0.3) is 0 Å². The molecule has 0 radical (unpaired) electrons. The van der Waals surface area contributed by atoms with Gasteiger partial charge < -0.3 is 5.32 Å². The van der Waals surface area contributed by atoms with E-state index in [2.05, 4.69) is 28.2 Å². The van der Waals surface area contributed by atoms with E-state index in [1.807, 2.05) is 41.5 Å². The molecule has 1 aliphatic heterocycles. The zero-order chi connectivity index (χ0) is 16.1. The second kappa shape index (κ2) is 7.95. The van der Waals surface area contributed by atoms with Crippen LogP contribution in [0.4, 0.5) is 5.69 Å². The van der Waals surface area contributed by atoms with Crippen molar-refractivity contribution >= 4 is 34.7 Å². The number of aryl methyl sites for hydroxylation is 1. The van der Waals surface area contributed by atoms with Crippen molar-refractivity contribution < 1.29 is 4.79 Å². The fraction of sp³-hybridized carbons (Fsp3) is 0.412. The zero-order valence-electron chi connectivity index (χ0n) is 13.2. The Bertz CT molecular complexity index is 645. The van der Waals surface area contributed by atoms with Crippen LogP contribution >= 0.6 is 23.1 Å². The highest BCUT2D eigenvalue weighted by atomic mass is 32.2. The Morgan fingerprint density at radius 2 is 2.39 bits per heavy atom. The van der Waals surface area contributed by atoms with Crippen LogP contribution in [0.15, 0.2) is 35.8 Å². The van der Waals surface area contributed by atoms with Crippen molar-refractivity contribution in [2.24, 2.45) is 0 Å². The van der Waals surface area contributed by atoms with E-state index in [0.29, 0.717) is 6.54 Å². The van der Waals surface area contributed by atoms with Gasteiger partial charge in [-0.15, -0.1) is 11.3 Å². The number of amides is 1. The summed E-state index contributed by atoms with van der Waals surface area (Å²) in [7, 11) is 0. The summed E-state index contributed by atoms with van der Waals surface area (Å²) in [5.41, 5.74) is 2.12. The number of benzene rings is 1. The van der Waals surface area contributed by atoms with E-state index in [1.54, 1.807) is 11.3 Å². The third-order valence-corrected chi connectivity index (χ3v) is 5.84. The van der Waals surface area contributed by atoms with Gasteiger partial charge in [0, 0.05) is 35.3 Å². The third-order valence-electron chi connectivity index (χ3n) is 3.94. The molecule has 1 unspecified atom stereocenters. The van der Waals surface area contributed by atoms with E-state index in [0.717, 1.165) is 35.2 Å². The topological polar surface area (TPSA) is 45.2 Å². The first-order valence-electron chi connectivity index (χ1n) is 7.86. The zero-order valence-corrected chi connectivity index (χ0v) is 14.8. The summed E-state index contributed by atoms with van der Waals surface area (Å²) >= 11 is 3.61. The van der Waals surface area contributed by atoms with Crippen LogP contribution in [-0.4, -0.2) is 40.4 Å². The predicted molar refractivity (Wildman–Crippen MR) is 98.2 cm³/mol. The molecule has 1 atom stereocenters. The van der Waals surface area contributed by atoms with Gasteiger partial charge in [-0.1, -0.05) is 19.1 Å². The maximum atomic E-state index is 12.4. The summed E-state index contributed by atoms with van der Waals surface area (Å²) in [5, 5.41) is 6.14. The number of nitrogens with one attached hydrogen (secondary N) is 1. The summed E-state index contributed by atoms with van der Waals surface area (Å²) in [6, 6.07) is 8.31. The van der Waals surface area contributed by atoms with Crippen molar-refractivity contribution in [1.29, 1.82) is 0 Å². The van der Waals surface area contributed by atoms with Gasteiger partial charge in [0.1, 0.15) is 5.01 Å². The molecule has 1 saturated heterocycles. The fourth-order valence-corrected chi connectivity index (χ4v) is 4.71. The van der Waals surface area contributed by atoms with Gasteiger partial charge in [-0.05, 0) is 24.1 Å². The normalized spacial score (nSPS) is 18.7. The minimum absolute atomic E-state index is 0.0479. The Hall–Kier alpha value is -1.37. The summed E-state index contributed by atoms with van der Waals surface area (Å²) in [4.78, 5) is 19.1. The van der Waals surface area contributed by atoms with E-state index in [-0.39, 0.29) is 11.9 Å². The molecule has 1 aromatic carbocycles. The van der Waals surface area contributed by atoms with Crippen molar-refractivity contribution in [2.45, 2.75) is 19.4 Å². The first kappa shape index (κ1) is 16.5. The number of thiazole rings is 1. The summed E-state index contributed by atoms with van der Waals surface area (Å²) < 4.78 is 0. The number of aromatic nitrogens is 1. The largest absolute Gasteiger partial charge is 0.325 e. The van der Waals surface area contributed by atoms with Crippen molar-refractivity contribution in [3.63, 3.8) is 0 Å². The molecule has 1 amide bonds. The van der Waals surface area contributed by atoms with Crippen LogP contribution in [0, 0.1) is 0 Å². The molecular formula is C17H21N3OS2. The predicted octanol–water partition coefficient (Wildman–Crippen LogP) is 3.43. The number of hydrogen-bond donors (Lipinski definition) is 1. The number of rotatable bonds is 5. The quantitative estimate of drug-likeness (QED) is 0.900. The highest BCUT2D eigenvalue weighted by molar-refractivity contribution is 7.99. The van der Waals surface area contributed by atoms with Crippen molar-refractivity contribution in [3.05, 3.63) is 46.4 Å². The molecule has 2 aromatic rings. The molecule has 1 N–H and O–H groups in total. The highest BCUT2D eigenvalue weighted by Gasteiger charge is 2.27. The molecule has 122 valence electrons. The Kier molecular flexibility index (Phi) is 5.70. The van der Waals surface area contributed by atoms with Gasteiger partial charge in [0.15, 0.2) is 0 Å². The average Bonchev–Trinajstić information content (AvgIpc) is 3.10. The lowest BCUT2D eigenvalue weighted by atomic mass is 10.1. The molecule has 1 aromatic heterocycles. The molecular weight excluding hydrogens is 326 g/mol. The molecule has 6 heteroatoms. The van der Waals surface area contributed by atoms with Gasteiger partial charge >= 0.3 is 0 Å². The van der Waals surface area contributed by atoms with Crippen LogP contribution in [-0.2, 0) is 11.2 Å². The summed E-state index contributed by atoms with van der Waals surface area (Å²) in [6.45, 7) is 3.46. The number of nitrogens with zero attached hydrogens (tertiary/aromatic N) is 2. The number of thioether (sulfide) groups is 1. The molecule has 0 bridgehead atoms. The van der Waals surface area contributed by atoms with Gasteiger partial charge in [-0.25, -0.2) is 4.98 Å². The summed E-state index contributed by atoms with van der Waals surface area (Å²) in [6.07, 6.45) is 2.81. The number of hydrogen-bond acceptors (Lipinski definition) is 5. The van der Waals surface area contributed by atoms with E-state index in [9.17, 15) is 4.79 Å². The van der Waals surface area contributed by atoms with E-state index in [1.165, 1.54) is 5.56 Å². The average molecular weight is 348 g/mol. The lowest BCUT2D eigenvalue weighted by molar-refractivity contribution is -0.117. The van der Waals surface area contributed by atoms with Gasteiger partial charge in [0.25, 0.3) is 0 Å². The second-order valence-corrected chi connectivity index (χ2v) is 7.61. The maximum absolute atomic E-state index is 12.4. The molecule has 1 fully saturated rings. The van der Waals surface area contributed by atoms with E-state index < -0.39 is 0 Å². The van der Waals surface area contributed by atoms with E-state index in [4.69, 9.17) is 0 Å². The van der Waals surface area contributed by atoms with E-state index >= 15 is 0 Å². The first-order chi connectivity index (χ1) is 11.3. The van der Waals surface area contributed by atoms with Gasteiger partial charge in [-0.2, -0.15) is 11.8 Å². The first-order valence-corrected chi connectivity index (χ1v) is 9.89. The number of anilines is 1. The van der Waals surface area contributed by atoms with Gasteiger partial charge in [-0.3, -0.25) is 9.69 Å². The minimum Gasteiger partial charge on any atom is -0.325 e. The molecule has 0 aliphatic carbocycles. The van der Waals surface area contributed by atoms with Crippen LogP contribution in [0.5, 0.6) is 0 Å². The molecule has 2 heterocycles. The van der Waals surface area contributed by atoms with Crippen molar-refractivity contribution in [2.75, 3.05) is 29.9 Å². The van der Waals surface area contributed by atoms with Crippen molar-refractivity contribution in [3.8, 4) is 0 Å². The van der Waals surface area contributed by atoms with Gasteiger partial charge in [0.2, 0.25) is 5.91 Å². The maximum Gasteiger partial charge on any atom is 0.238 e. The molecule has 3 rings (SSSR count). The molecule has 1 aliphatic rings. The highest BCUT2D eigenvalue weighted by Crippen LogP contribution is 2.30. The van der Waals surface area contributed by atoms with Crippen LogP contribution in [0.1, 0.15) is 23.5 Å². The summed E-state index contributed by atoms with van der Waals surface area (Å²) in [5.74, 6) is 2.12. The molecule has 23 heavy (non-hydrogen) atoms. The third kappa shape index (κ3) is 4.34. The van der Waals surface area contributed by atoms with Crippen molar-refractivity contribution in [1.82, 2.24) is 9.88 Å². The van der Waals surface area contributed by atoms with Gasteiger partial charge in [0.05, 0.1) is 12.6 Å². The molecule has 0 spiro atoms. The standard InChI is InChI=1S/C17H21N3OS2/c1-2-13-4-3-5-14(10-13)19-16(21)11-20-7-9-22-12-15(20)17-18-6-8-23-17/h3-6,8,10,15H,2,7,9,11-12H2,1H3,(H,19,21). The van der Waals surface area contributed by atoms with Crippen LogP contribution < -0.4 is 5.32 Å². The lowest BCUT2D eigenvalue weighted by Gasteiger charge is -2.33. The molecule has 4 nitrogen and oxygen atoms in total. The molecule has 0 saturated carbocycles. The van der Waals surface area contributed by atoms with Crippen LogP contribution in [0.2, 0.25) is 0 Å². The number of carbonyl (C=O) groups excluding carboxylic acids is 1. The lowest BCUT2D eigenvalue weighted by Crippen LogP contribution is -2.41. The minimum atomic E-state index is 0.0479. The fourth-order valence-electron chi connectivity index (χ4n) is 2.71. The Labute approximate surface area is 145 Å². The smallest absolute Gasteiger partial charge is 0.238 e. The number of carbonyl (C=O) groups is 1. The Morgan fingerprint density at radius 3 is 3.17 bits per heavy atom. The second-order valence-electron chi connectivity index (χ2n) is 5.53. The monoisotopic (exact) mass is 347 g/mol. The Morgan fingerprint density at radius 1 is 1.48 bits per heavy atom. The van der Waals surface area contributed by atoms with Crippen LogP contribution in [0.3, 0.4) is 0 Å².